The van der Waals surface area contributed by atoms with Crippen LogP contribution in [0.4, 0.5) is 0 Å². The van der Waals surface area contributed by atoms with Crippen molar-refractivity contribution in [2.75, 3.05) is 0 Å². The van der Waals surface area contributed by atoms with E-state index in [1.54, 1.807) is 13.8 Å². The van der Waals surface area contributed by atoms with Crippen LogP contribution in [0, 0.1) is 27.7 Å². The Kier molecular flexibility index (Phi) is 3.75. The van der Waals surface area contributed by atoms with Gasteiger partial charge in [0.1, 0.15) is 10.6 Å². The van der Waals surface area contributed by atoms with Crippen LogP contribution in [0.5, 0.6) is 0 Å². The summed E-state index contributed by atoms with van der Waals surface area (Å²) in [6.07, 6.45) is 0. The Bertz CT molecular complexity index is 722. The van der Waals surface area contributed by atoms with Crippen LogP contribution in [-0.2, 0) is 23.6 Å². The van der Waals surface area contributed by atoms with Crippen LogP contribution in [0.3, 0.4) is 0 Å². The topological polar surface area (TPSA) is 77.1 Å². The molecule has 2 aromatic rings. The monoisotopic (exact) mass is 297 g/mol. The lowest BCUT2D eigenvalue weighted by Gasteiger charge is -2.06. The number of hydrogen-bond acceptors (Lipinski definition) is 4. The van der Waals surface area contributed by atoms with Crippen LogP contribution in [0.25, 0.3) is 0 Å². The SMILES string of the molecule is Cc1noc(C)c1S(=O)(=O)NCc1cc(C)n(C)c1C. The van der Waals surface area contributed by atoms with Gasteiger partial charge in [0.25, 0.3) is 0 Å². The van der Waals surface area contributed by atoms with E-state index in [4.69, 9.17) is 4.52 Å². The molecule has 0 saturated heterocycles. The molecule has 0 aliphatic carbocycles. The zero-order valence-corrected chi connectivity index (χ0v) is 13.1. The van der Waals surface area contributed by atoms with E-state index in [1.165, 1.54) is 0 Å². The number of hydrogen-bond donors (Lipinski definition) is 1. The highest BCUT2D eigenvalue weighted by molar-refractivity contribution is 7.89. The second-order valence-electron chi connectivity index (χ2n) is 4.93. The summed E-state index contributed by atoms with van der Waals surface area (Å²) in [7, 11) is -1.66. The molecular formula is C13H19N3O3S. The van der Waals surface area contributed by atoms with E-state index in [0.717, 1.165) is 17.0 Å². The molecule has 0 spiro atoms. The van der Waals surface area contributed by atoms with Crippen LogP contribution in [0.15, 0.2) is 15.5 Å². The third-order valence-corrected chi connectivity index (χ3v) is 5.21. The van der Waals surface area contributed by atoms with Crippen molar-refractivity contribution in [2.45, 2.75) is 39.1 Å². The predicted molar refractivity (Wildman–Crippen MR) is 74.9 cm³/mol. The smallest absolute Gasteiger partial charge is 0.246 e. The van der Waals surface area contributed by atoms with E-state index in [1.807, 2.05) is 31.5 Å². The minimum Gasteiger partial charge on any atom is -0.360 e. The first-order valence-corrected chi connectivity index (χ1v) is 7.76. The third kappa shape index (κ3) is 2.51. The fraction of sp³-hybridized carbons (Fsp3) is 0.462. The van der Waals surface area contributed by atoms with E-state index in [2.05, 4.69) is 9.88 Å². The molecule has 6 nitrogen and oxygen atoms in total. The van der Waals surface area contributed by atoms with Gasteiger partial charge in [-0.05, 0) is 39.3 Å². The Labute approximate surface area is 118 Å². The van der Waals surface area contributed by atoms with E-state index in [0.29, 0.717) is 11.5 Å². The molecule has 0 aliphatic heterocycles. The summed E-state index contributed by atoms with van der Waals surface area (Å²) in [4.78, 5) is 0.128. The number of sulfonamides is 1. The van der Waals surface area contributed by atoms with Crippen molar-refractivity contribution in [1.29, 1.82) is 0 Å². The predicted octanol–water partition coefficient (Wildman–Crippen LogP) is 1.73. The van der Waals surface area contributed by atoms with Crippen molar-refractivity contribution in [1.82, 2.24) is 14.4 Å². The Hall–Kier alpha value is -1.60. The van der Waals surface area contributed by atoms with Crippen molar-refractivity contribution >= 4 is 10.0 Å². The number of nitrogens with one attached hydrogen (secondary N) is 1. The van der Waals surface area contributed by atoms with Crippen molar-refractivity contribution in [3.05, 3.63) is 34.5 Å². The summed E-state index contributed by atoms with van der Waals surface area (Å²) in [5, 5.41) is 3.67. The normalized spacial score (nSPS) is 12.1. The minimum absolute atomic E-state index is 0.128. The van der Waals surface area contributed by atoms with Crippen LogP contribution >= 0.6 is 0 Å². The van der Waals surface area contributed by atoms with Crippen LogP contribution in [-0.4, -0.2) is 18.1 Å². The highest BCUT2D eigenvalue weighted by Gasteiger charge is 2.24. The number of aryl methyl sites for hydroxylation is 3. The fourth-order valence-corrected chi connectivity index (χ4v) is 3.55. The molecule has 110 valence electrons. The Morgan fingerprint density at radius 3 is 2.40 bits per heavy atom. The summed E-state index contributed by atoms with van der Waals surface area (Å²) in [5.74, 6) is 0.302. The lowest BCUT2D eigenvalue weighted by molar-refractivity contribution is 0.390. The molecular weight excluding hydrogens is 278 g/mol. The van der Waals surface area contributed by atoms with Crippen molar-refractivity contribution in [3.8, 4) is 0 Å². The van der Waals surface area contributed by atoms with E-state index in [9.17, 15) is 8.42 Å². The van der Waals surface area contributed by atoms with Gasteiger partial charge in [0, 0.05) is 25.0 Å². The van der Waals surface area contributed by atoms with Crippen LogP contribution in [0.2, 0.25) is 0 Å². The second-order valence-corrected chi connectivity index (χ2v) is 6.64. The van der Waals surface area contributed by atoms with Gasteiger partial charge in [-0.1, -0.05) is 5.16 Å². The molecule has 0 bridgehead atoms. The first-order valence-electron chi connectivity index (χ1n) is 6.28. The Balaban J connectivity index is 2.24. The minimum atomic E-state index is -3.61. The summed E-state index contributed by atoms with van der Waals surface area (Å²) in [5.41, 5.74) is 3.47. The van der Waals surface area contributed by atoms with Gasteiger partial charge in [0.05, 0.1) is 0 Å². The van der Waals surface area contributed by atoms with Gasteiger partial charge >= 0.3 is 0 Å². The maximum absolute atomic E-state index is 12.3. The van der Waals surface area contributed by atoms with Crippen LogP contribution in [0.1, 0.15) is 28.4 Å². The van der Waals surface area contributed by atoms with Gasteiger partial charge in [0.2, 0.25) is 10.0 Å². The number of rotatable bonds is 4. The first-order chi connectivity index (χ1) is 9.24. The van der Waals surface area contributed by atoms with Crippen molar-refractivity contribution < 1.29 is 12.9 Å². The first kappa shape index (κ1) is 14.8. The molecule has 0 aliphatic rings. The van der Waals surface area contributed by atoms with E-state index >= 15 is 0 Å². The standard InChI is InChI=1S/C13H19N3O3S/c1-8-6-12(10(3)16(8)5)7-14-20(17,18)13-9(2)15-19-11(13)4/h6,14H,7H2,1-5H3. The maximum Gasteiger partial charge on any atom is 0.246 e. The average molecular weight is 297 g/mol. The van der Waals surface area contributed by atoms with Gasteiger partial charge in [-0.3, -0.25) is 0 Å². The fourth-order valence-electron chi connectivity index (χ4n) is 2.22. The molecule has 2 aromatic heterocycles. The van der Waals surface area contributed by atoms with Crippen molar-refractivity contribution in [3.63, 3.8) is 0 Å². The largest absolute Gasteiger partial charge is 0.360 e. The molecule has 2 heterocycles. The molecule has 2 rings (SSSR count). The molecule has 7 heteroatoms. The van der Waals surface area contributed by atoms with Crippen LogP contribution < -0.4 is 4.72 Å². The Morgan fingerprint density at radius 1 is 1.30 bits per heavy atom. The molecule has 0 fully saturated rings. The van der Waals surface area contributed by atoms with Gasteiger partial charge in [0.15, 0.2) is 5.76 Å². The molecule has 0 aromatic carbocycles. The highest BCUT2D eigenvalue weighted by Crippen LogP contribution is 2.20. The van der Waals surface area contributed by atoms with Gasteiger partial charge in [-0.2, -0.15) is 0 Å². The quantitative estimate of drug-likeness (QED) is 0.932. The van der Waals surface area contributed by atoms with Gasteiger partial charge in [-0.15, -0.1) is 0 Å². The average Bonchev–Trinajstić information content (AvgIpc) is 2.82. The molecule has 0 amide bonds. The van der Waals surface area contributed by atoms with Gasteiger partial charge < -0.3 is 9.09 Å². The second kappa shape index (κ2) is 5.06. The lowest BCUT2D eigenvalue weighted by Crippen LogP contribution is -2.24. The van der Waals surface area contributed by atoms with Crippen molar-refractivity contribution in [2.24, 2.45) is 7.05 Å². The lowest BCUT2D eigenvalue weighted by atomic mass is 10.2. The molecule has 0 radical (unpaired) electrons. The Morgan fingerprint density at radius 2 is 1.95 bits per heavy atom. The zero-order valence-electron chi connectivity index (χ0n) is 12.3. The number of nitrogens with zero attached hydrogens (tertiary/aromatic N) is 2. The summed E-state index contributed by atoms with van der Waals surface area (Å²) in [6.45, 7) is 7.40. The molecule has 1 N–H and O–H groups in total. The molecule has 0 atom stereocenters. The summed E-state index contributed by atoms with van der Waals surface area (Å²) in [6, 6.07) is 1.98. The maximum atomic E-state index is 12.3. The third-order valence-electron chi connectivity index (χ3n) is 3.57. The zero-order chi connectivity index (χ0) is 15.1. The van der Waals surface area contributed by atoms with E-state index in [-0.39, 0.29) is 11.4 Å². The summed E-state index contributed by atoms with van der Waals surface area (Å²) >= 11 is 0. The highest BCUT2D eigenvalue weighted by atomic mass is 32.2. The molecule has 0 unspecified atom stereocenters. The summed E-state index contributed by atoms with van der Waals surface area (Å²) < 4.78 is 34.1. The molecule has 0 saturated carbocycles. The molecule has 20 heavy (non-hydrogen) atoms. The van der Waals surface area contributed by atoms with Gasteiger partial charge in [-0.25, -0.2) is 13.1 Å². The number of aromatic nitrogens is 2. The van der Waals surface area contributed by atoms with E-state index < -0.39 is 10.0 Å².